The van der Waals surface area contributed by atoms with Gasteiger partial charge in [0.1, 0.15) is 12.1 Å². The van der Waals surface area contributed by atoms with Crippen molar-refractivity contribution in [3.05, 3.63) is 58.0 Å². The Morgan fingerprint density at radius 3 is 2.57 bits per heavy atom. The first kappa shape index (κ1) is 19.9. The van der Waals surface area contributed by atoms with Crippen LogP contribution in [0.15, 0.2) is 41.3 Å². The highest BCUT2D eigenvalue weighted by molar-refractivity contribution is 5.91. The third kappa shape index (κ3) is 4.53. The largest absolute Gasteiger partial charge is 0.421 e. The minimum Gasteiger partial charge on any atom is -0.378 e. The molecule has 0 spiro atoms. The number of ether oxygens (including phenoxy) is 1. The Hall–Kier alpha value is -2.81. The quantitative estimate of drug-likeness (QED) is 0.865. The summed E-state index contributed by atoms with van der Waals surface area (Å²) >= 11 is 0. The maximum absolute atomic E-state index is 12.8. The van der Waals surface area contributed by atoms with Crippen LogP contribution >= 0.6 is 0 Å². The number of pyridine rings is 1. The Balaban J connectivity index is 1.71. The zero-order valence-electron chi connectivity index (χ0n) is 15.3. The van der Waals surface area contributed by atoms with Gasteiger partial charge in [-0.3, -0.25) is 9.59 Å². The lowest BCUT2D eigenvalue weighted by molar-refractivity contribution is -0.139. The van der Waals surface area contributed by atoms with Crippen LogP contribution in [0.2, 0.25) is 0 Å². The Bertz CT molecular complexity index is 919. The van der Waals surface area contributed by atoms with Crippen molar-refractivity contribution in [3.63, 3.8) is 0 Å². The molecular weight excluding hydrogens is 375 g/mol. The molecule has 1 aliphatic heterocycles. The fourth-order valence-corrected chi connectivity index (χ4v) is 3.03. The smallest absolute Gasteiger partial charge is 0.378 e. The first-order valence-electron chi connectivity index (χ1n) is 8.75. The molecule has 0 aliphatic carbocycles. The molecule has 2 heterocycles. The van der Waals surface area contributed by atoms with Crippen molar-refractivity contribution in [2.45, 2.75) is 19.6 Å². The zero-order chi connectivity index (χ0) is 20.3. The number of carbonyl (C=O) groups excluding carboxylic acids is 1. The Morgan fingerprint density at radius 1 is 1.21 bits per heavy atom. The van der Waals surface area contributed by atoms with Crippen molar-refractivity contribution in [1.29, 1.82) is 0 Å². The number of anilines is 2. The normalized spacial score (nSPS) is 14.8. The van der Waals surface area contributed by atoms with Crippen LogP contribution in [0.5, 0.6) is 0 Å². The van der Waals surface area contributed by atoms with Crippen LogP contribution in [0.25, 0.3) is 0 Å². The molecule has 0 radical (unpaired) electrons. The summed E-state index contributed by atoms with van der Waals surface area (Å²) in [5, 5.41) is 2.65. The third-order valence-electron chi connectivity index (χ3n) is 4.50. The standard InChI is InChI=1S/C19H20F3N3O3/c1-13-11-14(24-7-9-28-10-8-24)4-5-16(13)23-17(26)12-25-6-2-3-15(18(25)27)19(20,21)22/h2-6,11H,7-10,12H2,1H3,(H,23,26). The van der Waals surface area contributed by atoms with E-state index in [4.69, 9.17) is 4.74 Å². The summed E-state index contributed by atoms with van der Waals surface area (Å²) in [4.78, 5) is 26.4. The molecule has 0 saturated carbocycles. The van der Waals surface area contributed by atoms with Crippen LogP contribution in [-0.4, -0.2) is 36.8 Å². The van der Waals surface area contributed by atoms with Crippen molar-refractivity contribution in [1.82, 2.24) is 4.57 Å². The van der Waals surface area contributed by atoms with Crippen LogP contribution in [0.1, 0.15) is 11.1 Å². The van der Waals surface area contributed by atoms with Gasteiger partial charge in [-0.05, 0) is 42.8 Å². The molecule has 1 aliphatic rings. The summed E-state index contributed by atoms with van der Waals surface area (Å²) in [6.45, 7) is 4.20. The average molecular weight is 395 g/mol. The maximum atomic E-state index is 12.8. The number of amides is 1. The molecule has 9 heteroatoms. The van der Waals surface area contributed by atoms with E-state index in [-0.39, 0.29) is 0 Å². The molecular formula is C19H20F3N3O3. The van der Waals surface area contributed by atoms with Gasteiger partial charge in [0.15, 0.2) is 0 Å². The summed E-state index contributed by atoms with van der Waals surface area (Å²) in [6.07, 6.45) is -3.60. The van der Waals surface area contributed by atoms with Crippen molar-refractivity contribution in [3.8, 4) is 0 Å². The van der Waals surface area contributed by atoms with E-state index >= 15 is 0 Å². The molecule has 1 fully saturated rings. The molecule has 0 unspecified atom stereocenters. The number of nitrogens with one attached hydrogen (secondary N) is 1. The number of aryl methyl sites for hydroxylation is 1. The van der Waals surface area contributed by atoms with Crippen molar-refractivity contribution in [2.24, 2.45) is 0 Å². The maximum Gasteiger partial charge on any atom is 0.421 e. The van der Waals surface area contributed by atoms with Crippen LogP contribution in [0.4, 0.5) is 24.5 Å². The van der Waals surface area contributed by atoms with Gasteiger partial charge in [-0.1, -0.05) is 0 Å². The summed E-state index contributed by atoms with van der Waals surface area (Å²) < 4.78 is 44.6. The lowest BCUT2D eigenvalue weighted by Crippen LogP contribution is -2.36. The monoisotopic (exact) mass is 395 g/mol. The van der Waals surface area contributed by atoms with Crippen LogP contribution < -0.4 is 15.8 Å². The third-order valence-corrected chi connectivity index (χ3v) is 4.50. The van der Waals surface area contributed by atoms with Crippen molar-refractivity contribution in [2.75, 3.05) is 36.5 Å². The predicted molar refractivity (Wildman–Crippen MR) is 98.5 cm³/mol. The Labute approximate surface area is 159 Å². The number of carbonyl (C=O) groups is 1. The number of alkyl halides is 3. The van der Waals surface area contributed by atoms with Crippen molar-refractivity contribution >= 4 is 17.3 Å². The van der Waals surface area contributed by atoms with Crippen LogP contribution in [-0.2, 0) is 22.3 Å². The van der Waals surface area contributed by atoms with Gasteiger partial charge < -0.3 is 19.5 Å². The predicted octanol–water partition coefficient (Wildman–Crippen LogP) is 2.65. The highest BCUT2D eigenvalue weighted by atomic mass is 19.4. The molecule has 1 amide bonds. The molecule has 1 aromatic carbocycles. The molecule has 1 N–H and O–H groups in total. The van der Waals surface area contributed by atoms with Gasteiger partial charge >= 0.3 is 6.18 Å². The number of nitrogens with zero attached hydrogens (tertiary/aromatic N) is 2. The van der Waals surface area contributed by atoms with E-state index in [0.29, 0.717) is 25.0 Å². The fourth-order valence-electron chi connectivity index (χ4n) is 3.03. The summed E-state index contributed by atoms with van der Waals surface area (Å²) in [6, 6.07) is 7.33. The van der Waals surface area contributed by atoms with Gasteiger partial charge in [-0.15, -0.1) is 0 Å². The second kappa shape index (κ2) is 8.05. The molecule has 0 bridgehead atoms. The number of hydrogen-bond acceptors (Lipinski definition) is 4. The van der Waals surface area contributed by atoms with Gasteiger partial charge in [-0.2, -0.15) is 13.2 Å². The SMILES string of the molecule is Cc1cc(N2CCOCC2)ccc1NC(=O)Cn1cccc(C(F)(F)F)c1=O. The Morgan fingerprint density at radius 2 is 1.93 bits per heavy atom. The lowest BCUT2D eigenvalue weighted by atomic mass is 10.1. The molecule has 150 valence electrons. The number of halogens is 3. The van der Waals surface area contributed by atoms with Crippen molar-refractivity contribution < 1.29 is 22.7 Å². The van der Waals surface area contributed by atoms with E-state index in [1.165, 1.54) is 0 Å². The van der Waals surface area contributed by atoms with E-state index in [1.54, 1.807) is 6.07 Å². The second-order valence-electron chi connectivity index (χ2n) is 6.50. The summed E-state index contributed by atoms with van der Waals surface area (Å²) in [5.41, 5.74) is -0.179. The Kier molecular flexibility index (Phi) is 5.73. The van der Waals surface area contributed by atoms with E-state index in [0.717, 1.165) is 41.2 Å². The van der Waals surface area contributed by atoms with Gasteiger partial charge in [0.05, 0.1) is 13.2 Å². The zero-order valence-corrected chi connectivity index (χ0v) is 15.3. The topological polar surface area (TPSA) is 63.6 Å². The van der Waals surface area contributed by atoms with E-state index in [2.05, 4.69) is 10.2 Å². The second-order valence-corrected chi connectivity index (χ2v) is 6.50. The molecule has 28 heavy (non-hydrogen) atoms. The van der Waals surface area contributed by atoms with Gasteiger partial charge in [0, 0.05) is 30.7 Å². The number of hydrogen-bond donors (Lipinski definition) is 1. The average Bonchev–Trinajstić information content (AvgIpc) is 2.65. The lowest BCUT2D eigenvalue weighted by Gasteiger charge is -2.29. The van der Waals surface area contributed by atoms with Gasteiger partial charge in [0.2, 0.25) is 5.91 Å². The van der Waals surface area contributed by atoms with Crippen LogP contribution in [0, 0.1) is 6.92 Å². The summed E-state index contributed by atoms with van der Waals surface area (Å²) in [5.74, 6) is -0.580. The first-order chi connectivity index (χ1) is 13.3. The molecule has 6 nitrogen and oxygen atoms in total. The minimum absolute atomic E-state index is 0.507. The molecule has 0 atom stereocenters. The number of aromatic nitrogens is 1. The molecule has 3 rings (SSSR count). The van der Waals surface area contributed by atoms with Gasteiger partial charge in [0.25, 0.3) is 5.56 Å². The number of rotatable bonds is 4. The van der Waals surface area contributed by atoms with Gasteiger partial charge in [-0.25, -0.2) is 0 Å². The van der Waals surface area contributed by atoms with E-state index in [9.17, 15) is 22.8 Å². The fraction of sp³-hybridized carbons (Fsp3) is 0.368. The minimum atomic E-state index is -4.76. The molecule has 1 saturated heterocycles. The van der Waals surface area contributed by atoms with E-state index in [1.807, 2.05) is 19.1 Å². The number of benzene rings is 1. The highest BCUT2D eigenvalue weighted by Gasteiger charge is 2.34. The first-order valence-corrected chi connectivity index (χ1v) is 8.75. The molecule has 2 aromatic rings. The van der Waals surface area contributed by atoms with Crippen LogP contribution in [0.3, 0.4) is 0 Å². The number of morpholine rings is 1. The highest BCUT2D eigenvalue weighted by Crippen LogP contribution is 2.26. The summed E-state index contributed by atoms with van der Waals surface area (Å²) in [7, 11) is 0. The molecule has 1 aromatic heterocycles. The van der Waals surface area contributed by atoms with E-state index < -0.39 is 29.8 Å².